The van der Waals surface area contributed by atoms with E-state index in [9.17, 15) is 49.1 Å². The van der Waals surface area contributed by atoms with Crippen LogP contribution in [0, 0.1) is 0 Å². The molecule has 2 heterocycles. The van der Waals surface area contributed by atoms with Crippen molar-refractivity contribution in [2.45, 2.75) is 30.6 Å². The fourth-order valence-electron chi connectivity index (χ4n) is 3.43. The first-order valence-corrected chi connectivity index (χ1v) is 10.6. The summed E-state index contributed by atoms with van der Waals surface area (Å²) in [7, 11) is 0.993. The standard InChI is InChI=1S/C20H15ClF9N5O3/c1-35-7-11(15(33-35)19(25,26)27)17(20(28,29)30)5-13(34-38-17)9-2-3-12(21)10(4-9)16(37)31-6-14(36)32-8-18(22,23)24/h2-4,7H,5-6,8H2,1H3,(H,31,37)(H,32,36). The van der Waals surface area contributed by atoms with Gasteiger partial charge in [-0.3, -0.25) is 14.3 Å². The lowest BCUT2D eigenvalue weighted by atomic mass is 9.86. The van der Waals surface area contributed by atoms with Gasteiger partial charge in [0.2, 0.25) is 5.91 Å². The number of amides is 2. The van der Waals surface area contributed by atoms with Gasteiger partial charge < -0.3 is 15.5 Å². The molecule has 2 aromatic rings. The van der Waals surface area contributed by atoms with Gasteiger partial charge in [-0.15, -0.1) is 0 Å². The molecule has 38 heavy (non-hydrogen) atoms. The summed E-state index contributed by atoms with van der Waals surface area (Å²) in [5, 5.41) is 9.68. The summed E-state index contributed by atoms with van der Waals surface area (Å²) in [4.78, 5) is 28.5. The zero-order valence-electron chi connectivity index (χ0n) is 18.8. The Morgan fingerprint density at radius 3 is 2.34 bits per heavy atom. The lowest BCUT2D eigenvalue weighted by Crippen LogP contribution is -2.43. The summed E-state index contributed by atoms with van der Waals surface area (Å²) in [6, 6.07) is 3.13. The second-order valence-corrected chi connectivity index (χ2v) is 8.37. The van der Waals surface area contributed by atoms with Crippen molar-refractivity contribution in [1.29, 1.82) is 0 Å². The summed E-state index contributed by atoms with van der Waals surface area (Å²) in [5.41, 5.74) is -7.79. The minimum Gasteiger partial charge on any atom is -0.374 e. The second kappa shape index (κ2) is 9.99. The predicted molar refractivity (Wildman–Crippen MR) is 111 cm³/mol. The molecule has 2 N–H and O–H groups in total. The Kier molecular flexibility index (Phi) is 7.64. The molecule has 0 spiro atoms. The van der Waals surface area contributed by atoms with E-state index in [1.807, 2.05) is 5.32 Å². The van der Waals surface area contributed by atoms with Crippen molar-refractivity contribution in [3.05, 3.63) is 51.8 Å². The average Bonchev–Trinajstić information content (AvgIpc) is 3.40. The van der Waals surface area contributed by atoms with E-state index in [0.717, 1.165) is 25.2 Å². The highest BCUT2D eigenvalue weighted by Crippen LogP contribution is 2.51. The van der Waals surface area contributed by atoms with Gasteiger partial charge in [-0.2, -0.15) is 44.6 Å². The highest BCUT2D eigenvalue weighted by atomic mass is 35.5. The second-order valence-electron chi connectivity index (χ2n) is 7.96. The molecule has 0 saturated heterocycles. The first kappa shape index (κ1) is 29.1. The number of aryl methyl sites for hydroxylation is 1. The third kappa shape index (κ3) is 6.14. The van der Waals surface area contributed by atoms with E-state index in [-0.39, 0.29) is 10.6 Å². The third-order valence-electron chi connectivity index (χ3n) is 5.16. The van der Waals surface area contributed by atoms with Crippen molar-refractivity contribution in [3.8, 4) is 0 Å². The Labute approximate surface area is 211 Å². The molecule has 8 nitrogen and oxygen atoms in total. The minimum absolute atomic E-state index is 0.190. The van der Waals surface area contributed by atoms with Gasteiger partial charge in [0, 0.05) is 18.8 Å². The molecule has 0 fully saturated rings. The van der Waals surface area contributed by atoms with E-state index in [4.69, 9.17) is 11.6 Å². The van der Waals surface area contributed by atoms with E-state index in [2.05, 4.69) is 15.1 Å². The Balaban J connectivity index is 1.86. The van der Waals surface area contributed by atoms with Crippen molar-refractivity contribution in [2.24, 2.45) is 12.2 Å². The Bertz CT molecular complexity index is 1270. The summed E-state index contributed by atoms with van der Waals surface area (Å²) in [5.74, 6) is -2.27. The topological polar surface area (TPSA) is 97.6 Å². The molecule has 1 aromatic heterocycles. The average molecular weight is 580 g/mol. The number of benzene rings is 1. The lowest BCUT2D eigenvalue weighted by Gasteiger charge is -2.29. The van der Waals surface area contributed by atoms with E-state index < -0.39 is 78.0 Å². The molecule has 1 atom stereocenters. The maximum Gasteiger partial charge on any atom is 0.435 e. The maximum atomic E-state index is 14.2. The number of nitrogens with one attached hydrogen (secondary N) is 2. The van der Waals surface area contributed by atoms with Crippen molar-refractivity contribution in [1.82, 2.24) is 20.4 Å². The fraction of sp³-hybridized carbons (Fsp3) is 0.400. The van der Waals surface area contributed by atoms with Crippen LogP contribution in [0.1, 0.15) is 33.6 Å². The SMILES string of the molecule is Cn1cc(C2(C(F)(F)F)CC(c3ccc(Cl)c(C(=O)NCC(=O)NCC(F)(F)F)c3)=NO2)c(C(F)(F)F)n1. The van der Waals surface area contributed by atoms with Gasteiger partial charge in [-0.25, -0.2) is 0 Å². The fourth-order valence-corrected chi connectivity index (χ4v) is 3.63. The molecule has 1 aliphatic rings. The number of carbonyl (C=O) groups is 2. The smallest absolute Gasteiger partial charge is 0.374 e. The monoisotopic (exact) mass is 579 g/mol. The largest absolute Gasteiger partial charge is 0.435 e. The van der Waals surface area contributed by atoms with Crippen molar-refractivity contribution >= 4 is 29.1 Å². The van der Waals surface area contributed by atoms with Gasteiger partial charge in [0.05, 0.1) is 34.8 Å². The van der Waals surface area contributed by atoms with Gasteiger partial charge in [0.1, 0.15) is 6.54 Å². The zero-order valence-corrected chi connectivity index (χ0v) is 19.5. The van der Waals surface area contributed by atoms with Crippen LogP contribution in [0.25, 0.3) is 0 Å². The summed E-state index contributed by atoms with van der Waals surface area (Å²) in [6.07, 6.45) is -16.0. The molecular weight excluding hydrogens is 565 g/mol. The van der Waals surface area contributed by atoms with Crippen molar-refractivity contribution in [2.75, 3.05) is 13.1 Å². The molecule has 0 saturated carbocycles. The number of alkyl halides is 9. The van der Waals surface area contributed by atoms with Crippen LogP contribution >= 0.6 is 11.6 Å². The summed E-state index contributed by atoms with van der Waals surface area (Å²) >= 11 is 5.94. The van der Waals surface area contributed by atoms with Crippen LogP contribution in [0.3, 0.4) is 0 Å². The molecule has 3 rings (SSSR count). The normalized spacial score (nSPS) is 18.1. The van der Waals surface area contributed by atoms with E-state index in [1.165, 1.54) is 5.32 Å². The van der Waals surface area contributed by atoms with Gasteiger partial charge in [-0.05, 0) is 12.1 Å². The number of carbonyl (C=O) groups excluding carboxylic acids is 2. The molecule has 1 aromatic carbocycles. The lowest BCUT2D eigenvalue weighted by molar-refractivity contribution is -0.277. The molecule has 0 radical (unpaired) electrons. The zero-order chi connectivity index (χ0) is 28.7. The quantitative estimate of drug-likeness (QED) is 0.504. The van der Waals surface area contributed by atoms with Crippen LogP contribution in [0.5, 0.6) is 0 Å². The third-order valence-corrected chi connectivity index (χ3v) is 5.49. The molecule has 208 valence electrons. The molecular formula is C20H15ClF9N5O3. The number of aromatic nitrogens is 2. The number of oxime groups is 1. The number of halogens is 10. The van der Waals surface area contributed by atoms with Crippen molar-refractivity contribution in [3.63, 3.8) is 0 Å². The number of rotatable bonds is 6. The van der Waals surface area contributed by atoms with Crippen LogP contribution in [-0.4, -0.2) is 52.7 Å². The Hall–Kier alpha value is -3.50. The van der Waals surface area contributed by atoms with Gasteiger partial charge >= 0.3 is 18.5 Å². The number of nitrogens with zero attached hydrogens (tertiary/aromatic N) is 3. The highest BCUT2D eigenvalue weighted by molar-refractivity contribution is 6.34. The van der Waals surface area contributed by atoms with Crippen LogP contribution in [-0.2, 0) is 28.5 Å². The summed E-state index contributed by atoms with van der Waals surface area (Å²) in [6.45, 7) is -2.54. The maximum absolute atomic E-state index is 14.2. The highest BCUT2D eigenvalue weighted by Gasteiger charge is 2.65. The van der Waals surface area contributed by atoms with E-state index >= 15 is 0 Å². The van der Waals surface area contributed by atoms with Crippen LogP contribution in [0.2, 0.25) is 5.02 Å². The number of hydrogen-bond acceptors (Lipinski definition) is 5. The molecule has 1 unspecified atom stereocenters. The van der Waals surface area contributed by atoms with E-state index in [0.29, 0.717) is 10.9 Å². The van der Waals surface area contributed by atoms with Crippen LogP contribution in [0.4, 0.5) is 39.5 Å². The molecule has 0 bridgehead atoms. The van der Waals surface area contributed by atoms with E-state index in [1.54, 1.807) is 0 Å². The van der Waals surface area contributed by atoms with Crippen molar-refractivity contribution < 1.29 is 53.9 Å². The van der Waals surface area contributed by atoms with Gasteiger partial charge in [-0.1, -0.05) is 22.8 Å². The van der Waals surface area contributed by atoms with Crippen LogP contribution < -0.4 is 10.6 Å². The molecule has 2 amide bonds. The first-order valence-electron chi connectivity index (χ1n) is 10.2. The molecule has 18 heteroatoms. The number of hydrogen-bond donors (Lipinski definition) is 2. The van der Waals surface area contributed by atoms with Gasteiger partial charge in [0.25, 0.3) is 11.5 Å². The van der Waals surface area contributed by atoms with Crippen LogP contribution in [0.15, 0.2) is 29.6 Å². The summed E-state index contributed by atoms with van der Waals surface area (Å²) < 4.78 is 120. The molecule has 1 aliphatic heterocycles. The minimum atomic E-state index is -5.39. The Morgan fingerprint density at radius 1 is 1.11 bits per heavy atom. The Morgan fingerprint density at radius 2 is 1.76 bits per heavy atom. The molecule has 0 aliphatic carbocycles. The first-order chi connectivity index (χ1) is 17.3. The van der Waals surface area contributed by atoms with Gasteiger partial charge in [0.15, 0.2) is 5.69 Å². The predicted octanol–water partition coefficient (Wildman–Crippen LogP) is 4.08.